The van der Waals surface area contributed by atoms with Crippen molar-refractivity contribution in [2.24, 2.45) is 11.1 Å². The number of carbonyl (C=O) groups is 1. The molecule has 1 aliphatic rings. The highest BCUT2D eigenvalue weighted by Gasteiger charge is 2.43. The summed E-state index contributed by atoms with van der Waals surface area (Å²) < 4.78 is 13.6. The molecular formula is C13H16FNO. The molecule has 0 heterocycles. The molecule has 0 radical (unpaired) electrons. The molecule has 16 heavy (non-hydrogen) atoms. The highest BCUT2D eigenvalue weighted by Crippen LogP contribution is 2.43. The summed E-state index contributed by atoms with van der Waals surface area (Å²) in [5.41, 5.74) is 6.26. The Bertz CT molecular complexity index is 418. The molecule has 86 valence electrons. The van der Waals surface area contributed by atoms with E-state index < -0.39 is 11.2 Å². The maximum Gasteiger partial charge on any atom is 0.173 e. The zero-order chi connectivity index (χ0) is 11.8. The molecule has 2 N–H and O–H groups in total. The predicted molar refractivity (Wildman–Crippen MR) is 60.8 cm³/mol. The van der Waals surface area contributed by atoms with Gasteiger partial charge in [-0.1, -0.05) is 18.1 Å². The van der Waals surface area contributed by atoms with Crippen LogP contribution in [0.4, 0.5) is 4.39 Å². The van der Waals surface area contributed by atoms with Crippen LogP contribution in [0.2, 0.25) is 0 Å². The lowest BCUT2D eigenvalue weighted by molar-refractivity contribution is 0.0631. The van der Waals surface area contributed by atoms with Crippen LogP contribution in [-0.2, 0) is 0 Å². The number of ketones is 1. The van der Waals surface area contributed by atoms with E-state index in [2.05, 4.69) is 0 Å². The third kappa shape index (κ3) is 1.65. The number of hydrogen-bond acceptors (Lipinski definition) is 2. The molecule has 0 atom stereocenters. The summed E-state index contributed by atoms with van der Waals surface area (Å²) in [6.07, 6.45) is 2.59. The molecule has 0 saturated heterocycles. The normalized spacial score (nSPS) is 17.9. The second-order valence-electron chi connectivity index (χ2n) is 4.65. The molecule has 1 aromatic carbocycles. The van der Waals surface area contributed by atoms with Crippen LogP contribution >= 0.6 is 0 Å². The Balaban J connectivity index is 2.37. The van der Waals surface area contributed by atoms with Gasteiger partial charge >= 0.3 is 0 Å². The number of carbonyl (C=O) groups excluding carboxylic acids is 1. The quantitative estimate of drug-likeness (QED) is 0.797. The van der Waals surface area contributed by atoms with Gasteiger partial charge in [0.1, 0.15) is 5.82 Å². The van der Waals surface area contributed by atoms with Crippen molar-refractivity contribution in [2.75, 3.05) is 6.54 Å². The van der Waals surface area contributed by atoms with Crippen molar-refractivity contribution in [1.29, 1.82) is 0 Å². The summed E-state index contributed by atoms with van der Waals surface area (Å²) in [5.74, 6) is -0.558. The van der Waals surface area contributed by atoms with E-state index in [1.807, 2.05) is 6.92 Å². The standard InChI is InChI=1S/C13H16FNO/c1-9-3-4-11(14)10(7-9)12(16)13(8-15)5-2-6-13/h3-4,7H,2,5-6,8,15H2,1H3. The third-order valence-electron chi connectivity index (χ3n) is 3.55. The maximum absolute atomic E-state index is 13.6. The largest absolute Gasteiger partial charge is 0.329 e. The number of halogens is 1. The zero-order valence-electron chi connectivity index (χ0n) is 9.42. The van der Waals surface area contributed by atoms with Crippen LogP contribution in [0.25, 0.3) is 0 Å². The minimum atomic E-state index is -0.491. The van der Waals surface area contributed by atoms with Gasteiger partial charge in [-0.05, 0) is 31.9 Å². The molecule has 1 aromatic rings. The summed E-state index contributed by atoms with van der Waals surface area (Å²) in [6.45, 7) is 2.17. The van der Waals surface area contributed by atoms with Crippen LogP contribution in [-0.4, -0.2) is 12.3 Å². The fourth-order valence-corrected chi connectivity index (χ4v) is 2.23. The first-order chi connectivity index (χ1) is 7.59. The molecule has 3 heteroatoms. The van der Waals surface area contributed by atoms with Crippen LogP contribution in [0, 0.1) is 18.2 Å². The number of benzene rings is 1. The van der Waals surface area contributed by atoms with Crippen LogP contribution < -0.4 is 5.73 Å². The van der Waals surface area contributed by atoms with Gasteiger partial charge in [-0.15, -0.1) is 0 Å². The highest BCUT2D eigenvalue weighted by atomic mass is 19.1. The van der Waals surface area contributed by atoms with Crippen LogP contribution in [0.3, 0.4) is 0 Å². The predicted octanol–water partition coefficient (Wildman–Crippen LogP) is 2.45. The van der Waals surface area contributed by atoms with E-state index in [4.69, 9.17) is 5.73 Å². The van der Waals surface area contributed by atoms with Gasteiger partial charge in [0, 0.05) is 12.0 Å². The van der Waals surface area contributed by atoms with Gasteiger partial charge in [0.25, 0.3) is 0 Å². The van der Waals surface area contributed by atoms with E-state index in [0.717, 1.165) is 24.8 Å². The topological polar surface area (TPSA) is 43.1 Å². The van der Waals surface area contributed by atoms with Gasteiger partial charge < -0.3 is 5.73 Å². The number of rotatable bonds is 3. The molecule has 1 saturated carbocycles. The number of hydrogen-bond donors (Lipinski definition) is 1. The monoisotopic (exact) mass is 221 g/mol. The Morgan fingerprint density at radius 2 is 2.19 bits per heavy atom. The van der Waals surface area contributed by atoms with Crippen molar-refractivity contribution < 1.29 is 9.18 Å². The Labute approximate surface area is 94.6 Å². The summed E-state index contributed by atoms with van der Waals surface area (Å²) >= 11 is 0. The maximum atomic E-state index is 13.6. The second kappa shape index (κ2) is 3.98. The van der Waals surface area contributed by atoms with Crippen LogP contribution in [0.15, 0.2) is 18.2 Å². The van der Waals surface area contributed by atoms with Gasteiger partial charge in [-0.3, -0.25) is 4.79 Å². The third-order valence-corrected chi connectivity index (χ3v) is 3.55. The smallest absolute Gasteiger partial charge is 0.173 e. The fraction of sp³-hybridized carbons (Fsp3) is 0.462. The SMILES string of the molecule is Cc1ccc(F)c(C(=O)C2(CN)CCC2)c1. The highest BCUT2D eigenvalue weighted by molar-refractivity contribution is 6.01. The van der Waals surface area contributed by atoms with Crippen LogP contribution in [0.1, 0.15) is 35.2 Å². The first-order valence-corrected chi connectivity index (χ1v) is 5.60. The van der Waals surface area contributed by atoms with Crippen LogP contribution in [0.5, 0.6) is 0 Å². The number of nitrogens with two attached hydrogens (primary N) is 1. The Hall–Kier alpha value is -1.22. The zero-order valence-corrected chi connectivity index (χ0v) is 9.42. The van der Waals surface area contributed by atoms with Crippen molar-refractivity contribution in [1.82, 2.24) is 0 Å². The lowest BCUT2D eigenvalue weighted by Crippen LogP contribution is -2.44. The minimum absolute atomic E-state index is 0.123. The van der Waals surface area contributed by atoms with Gasteiger partial charge in [0.15, 0.2) is 5.78 Å². The Morgan fingerprint density at radius 1 is 1.50 bits per heavy atom. The molecule has 2 rings (SSSR count). The number of aryl methyl sites for hydroxylation is 1. The molecule has 1 aliphatic carbocycles. The van der Waals surface area contributed by atoms with Gasteiger partial charge in [0.05, 0.1) is 5.56 Å². The summed E-state index contributed by atoms with van der Waals surface area (Å²) in [6, 6.07) is 4.64. The van der Waals surface area contributed by atoms with E-state index in [1.54, 1.807) is 12.1 Å². The molecule has 0 unspecified atom stereocenters. The Kier molecular flexibility index (Phi) is 2.80. The van der Waals surface area contributed by atoms with Crippen molar-refractivity contribution >= 4 is 5.78 Å². The van der Waals surface area contributed by atoms with Gasteiger partial charge in [-0.2, -0.15) is 0 Å². The van der Waals surface area contributed by atoms with Gasteiger partial charge in [0.2, 0.25) is 0 Å². The molecule has 0 amide bonds. The van der Waals surface area contributed by atoms with Gasteiger partial charge in [-0.25, -0.2) is 4.39 Å². The van der Waals surface area contributed by atoms with Crippen molar-refractivity contribution in [3.8, 4) is 0 Å². The van der Waals surface area contributed by atoms with Crippen molar-refractivity contribution in [2.45, 2.75) is 26.2 Å². The first-order valence-electron chi connectivity index (χ1n) is 5.60. The Morgan fingerprint density at radius 3 is 2.69 bits per heavy atom. The molecular weight excluding hydrogens is 205 g/mol. The van der Waals surface area contributed by atoms with Crippen molar-refractivity contribution in [3.05, 3.63) is 35.1 Å². The fourth-order valence-electron chi connectivity index (χ4n) is 2.23. The van der Waals surface area contributed by atoms with E-state index in [9.17, 15) is 9.18 Å². The minimum Gasteiger partial charge on any atom is -0.329 e. The van der Waals surface area contributed by atoms with E-state index in [-0.39, 0.29) is 11.3 Å². The first kappa shape index (κ1) is 11.3. The van der Waals surface area contributed by atoms with Crippen molar-refractivity contribution in [3.63, 3.8) is 0 Å². The lowest BCUT2D eigenvalue weighted by Gasteiger charge is -2.39. The molecule has 0 bridgehead atoms. The average molecular weight is 221 g/mol. The number of Topliss-reactive ketones (excluding diaryl/α,β-unsaturated/α-hetero) is 1. The molecule has 0 aliphatic heterocycles. The van der Waals surface area contributed by atoms with E-state index >= 15 is 0 Å². The average Bonchev–Trinajstić information content (AvgIpc) is 2.21. The second-order valence-corrected chi connectivity index (χ2v) is 4.65. The van der Waals surface area contributed by atoms with E-state index in [0.29, 0.717) is 6.54 Å². The lowest BCUT2D eigenvalue weighted by atomic mass is 9.64. The summed E-state index contributed by atoms with van der Waals surface area (Å²) in [4.78, 5) is 12.2. The van der Waals surface area contributed by atoms with E-state index in [1.165, 1.54) is 6.07 Å². The summed E-state index contributed by atoms with van der Waals surface area (Å²) in [7, 11) is 0. The molecule has 1 fully saturated rings. The molecule has 2 nitrogen and oxygen atoms in total. The summed E-state index contributed by atoms with van der Waals surface area (Å²) in [5, 5.41) is 0. The molecule has 0 aromatic heterocycles. The molecule has 0 spiro atoms.